The molecule has 0 aromatic heterocycles. The topological polar surface area (TPSA) is 104 Å². The van der Waals surface area contributed by atoms with Crippen molar-refractivity contribution in [3.05, 3.63) is 57.6 Å². The molecule has 0 saturated heterocycles. The Bertz CT molecular complexity index is 1150. The predicted octanol–water partition coefficient (Wildman–Crippen LogP) is 9.41. The zero-order valence-corrected chi connectivity index (χ0v) is 27.9. The van der Waals surface area contributed by atoms with E-state index in [2.05, 4.69) is 33.8 Å². The standard InChI is InChI=1S/C38H58O6/c1-5-9-13-16-18-30-23-29(24-32(37(30)43)26-35(39)40)25-34(20-12-8-4)44-38-31(19-15-11-7-3)21-28(17-14-10-6-2)22-33(38)27-36(41)42/h21-24,34,43H,5-20,25-27H2,1-4H3,(H,39,40)(H,41,42). The van der Waals surface area contributed by atoms with E-state index in [1.54, 1.807) is 0 Å². The molecular formula is C38H58O6. The van der Waals surface area contributed by atoms with Crippen molar-refractivity contribution in [3.63, 3.8) is 0 Å². The minimum Gasteiger partial charge on any atom is -0.507 e. The lowest BCUT2D eigenvalue weighted by atomic mass is 9.93. The smallest absolute Gasteiger partial charge is 0.307 e. The van der Waals surface area contributed by atoms with Gasteiger partial charge in [0, 0.05) is 17.5 Å². The third-order valence-corrected chi connectivity index (χ3v) is 8.36. The van der Waals surface area contributed by atoms with E-state index in [4.69, 9.17) is 4.74 Å². The van der Waals surface area contributed by atoms with Crippen LogP contribution in [0.15, 0.2) is 24.3 Å². The van der Waals surface area contributed by atoms with E-state index < -0.39 is 11.9 Å². The van der Waals surface area contributed by atoms with Crippen LogP contribution in [0.25, 0.3) is 0 Å². The quantitative estimate of drug-likeness (QED) is 0.102. The average molecular weight is 611 g/mol. The van der Waals surface area contributed by atoms with E-state index >= 15 is 0 Å². The molecule has 0 radical (unpaired) electrons. The summed E-state index contributed by atoms with van der Waals surface area (Å²) < 4.78 is 6.86. The van der Waals surface area contributed by atoms with Crippen LogP contribution in [0.2, 0.25) is 0 Å². The minimum absolute atomic E-state index is 0.0812. The SMILES string of the molecule is CCCCCCc1cc(CC(CCCC)Oc2c(CCCCC)cc(CCCCC)cc2CC(=O)O)cc(CC(=O)O)c1O. The molecule has 0 aliphatic heterocycles. The Morgan fingerprint density at radius 1 is 0.614 bits per heavy atom. The van der Waals surface area contributed by atoms with Crippen LogP contribution in [0.4, 0.5) is 0 Å². The first kappa shape index (κ1) is 37.2. The second-order valence-corrected chi connectivity index (χ2v) is 12.5. The largest absolute Gasteiger partial charge is 0.507 e. The van der Waals surface area contributed by atoms with Gasteiger partial charge in [-0.3, -0.25) is 9.59 Å². The summed E-state index contributed by atoms with van der Waals surface area (Å²) in [7, 11) is 0. The van der Waals surface area contributed by atoms with Crippen LogP contribution < -0.4 is 4.74 Å². The summed E-state index contributed by atoms with van der Waals surface area (Å²) in [4.78, 5) is 23.7. The number of carbonyl (C=O) groups is 2. The van der Waals surface area contributed by atoms with Gasteiger partial charge in [-0.15, -0.1) is 0 Å². The molecule has 0 amide bonds. The second kappa shape index (κ2) is 20.8. The molecule has 44 heavy (non-hydrogen) atoms. The van der Waals surface area contributed by atoms with Gasteiger partial charge < -0.3 is 20.1 Å². The molecule has 0 aliphatic rings. The first-order valence-electron chi connectivity index (χ1n) is 17.3. The summed E-state index contributed by atoms with van der Waals surface area (Å²) in [6.45, 7) is 8.68. The number of benzene rings is 2. The predicted molar refractivity (Wildman–Crippen MR) is 179 cm³/mol. The molecule has 0 saturated carbocycles. The Labute approximate surface area is 266 Å². The van der Waals surface area contributed by atoms with E-state index in [-0.39, 0.29) is 24.7 Å². The van der Waals surface area contributed by atoms with Crippen LogP contribution in [-0.4, -0.2) is 33.4 Å². The molecule has 6 heteroatoms. The normalized spacial score (nSPS) is 11.9. The van der Waals surface area contributed by atoms with Gasteiger partial charge in [-0.25, -0.2) is 0 Å². The van der Waals surface area contributed by atoms with Gasteiger partial charge in [0.15, 0.2) is 0 Å². The first-order valence-corrected chi connectivity index (χ1v) is 17.3. The van der Waals surface area contributed by atoms with E-state index in [1.165, 1.54) is 5.56 Å². The number of carboxylic acids is 2. The maximum atomic E-state index is 12.0. The average Bonchev–Trinajstić information content (AvgIpc) is 2.97. The van der Waals surface area contributed by atoms with Gasteiger partial charge in [0.1, 0.15) is 17.6 Å². The molecule has 2 aromatic carbocycles. The summed E-state index contributed by atoms with van der Waals surface area (Å²) in [5, 5.41) is 30.3. The lowest BCUT2D eigenvalue weighted by molar-refractivity contribution is -0.137. The number of rotatable bonds is 24. The number of ether oxygens (including phenoxy) is 1. The van der Waals surface area contributed by atoms with Crippen LogP contribution in [-0.2, 0) is 48.1 Å². The number of aliphatic carboxylic acids is 2. The van der Waals surface area contributed by atoms with Crippen molar-refractivity contribution in [2.75, 3.05) is 0 Å². The summed E-state index contributed by atoms with van der Waals surface area (Å²) in [5.41, 5.74) is 5.22. The Balaban J connectivity index is 2.51. The van der Waals surface area contributed by atoms with E-state index in [9.17, 15) is 24.9 Å². The maximum Gasteiger partial charge on any atom is 0.307 e. The lowest BCUT2D eigenvalue weighted by Gasteiger charge is -2.25. The molecule has 2 aromatic rings. The van der Waals surface area contributed by atoms with Gasteiger partial charge in [-0.2, -0.15) is 0 Å². The fraction of sp³-hybridized carbons (Fsp3) is 0.632. The maximum absolute atomic E-state index is 12.0. The van der Waals surface area contributed by atoms with Crippen LogP contribution in [0.1, 0.15) is 145 Å². The zero-order chi connectivity index (χ0) is 32.3. The Kier molecular flexibility index (Phi) is 17.6. The van der Waals surface area contributed by atoms with Gasteiger partial charge in [0.25, 0.3) is 0 Å². The number of aryl methyl sites for hydroxylation is 3. The van der Waals surface area contributed by atoms with Crippen molar-refractivity contribution in [1.29, 1.82) is 0 Å². The highest BCUT2D eigenvalue weighted by molar-refractivity contribution is 5.72. The second-order valence-electron chi connectivity index (χ2n) is 12.5. The highest BCUT2D eigenvalue weighted by Gasteiger charge is 2.21. The molecule has 1 unspecified atom stereocenters. The Morgan fingerprint density at radius 3 is 1.75 bits per heavy atom. The van der Waals surface area contributed by atoms with Gasteiger partial charge in [0.2, 0.25) is 0 Å². The molecule has 0 aliphatic carbocycles. The van der Waals surface area contributed by atoms with Crippen molar-refractivity contribution in [3.8, 4) is 11.5 Å². The van der Waals surface area contributed by atoms with Crippen molar-refractivity contribution in [2.45, 2.75) is 156 Å². The fourth-order valence-electron chi connectivity index (χ4n) is 5.99. The molecular weight excluding hydrogens is 552 g/mol. The zero-order valence-electron chi connectivity index (χ0n) is 27.9. The van der Waals surface area contributed by atoms with E-state index in [1.807, 2.05) is 18.2 Å². The molecule has 246 valence electrons. The number of unbranched alkanes of at least 4 members (excludes halogenated alkanes) is 8. The van der Waals surface area contributed by atoms with Crippen molar-refractivity contribution in [2.24, 2.45) is 0 Å². The number of hydrogen-bond donors (Lipinski definition) is 3. The van der Waals surface area contributed by atoms with Crippen LogP contribution >= 0.6 is 0 Å². The highest BCUT2D eigenvalue weighted by atomic mass is 16.5. The number of phenolic OH excluding ortho intramolecular Hbond substituents is 1. The third-order valence-electron chi connectivity index (χ3n) is 8.36. The molecule has 2 rings (SSSR count). The molecule has 3 N–H and O–H groups in total. The van der Waals surface area contributed by atoms with Gasteiger partial charge in [0.05, 0.1) is 12.8 Å². The Morgan fingerprint density at radius 2 is 1.11 bits per heavy atom. The first-order chi connectivity index (χ1) is 21.2. The van der Waals surface area contributed by atoms with Crippen molar-refractivity contribution >= 4 is 11.9 Å². The van der Waals surface area contributed by atoms with Crippen molar-refractivity contribution < 1.29 is 29.6 Å². The van der Waals surface area contributed by atoms with E-state index in [0.29, 0.717) is 24.2 Å². The van der Waals surface area contributed by atoms with Gasteiger partial charge in [-0.05, 0) is 67.2 Å². The monoisotopic (exact) mass is 610 g/mol. The number of carboxylic acid groups (broad SMARTS) is 2. The number of phenols is 1. The number of hydrogen-bond acceptors (Lipinski definition) is 4. The molecule has 0 fully saturated rings. The van der Waals surface area contributed by atoms with Crippen LogP contribution in [0.3, 0.4) is 0 Å². The molecule has 0 spiro atoms. The Hall–Kier alpha value is -3.02. The lowest BCUT2D eigenvalue weighted by Crippen LogP contribution is -2.22. The summed E-state index contributed by atoms with van der Waals surface area (Å²) in [6.07, 6.45) is 16.2. The highest BCUT2D eigenvalue weighted by Crippen LogP contribution is 2.33. The van der Waals surface area contributed by atoms with Gasteiger partial charge in [-0.1, -0.05) is 110 Å². The molecule has 0 bridgehead atoms. The van der Waals surface area contributed by atoms with Crippen LogP contribution in [0, 0.1) is 0 Å². The van der Waals surface area contributed by atoms with Crippen LogP contribution in [0.5, 0.6) is 11.5 Å². The summed E-state index contributed by atoms with van der Waals surface area (Å²) in [5.74, 6) is -1.02. The molecule has 6 nitrogen and oxygen atoms in total. The third kappa shape index (κ3) is 13.3. The molecule has 0 heterocycles. The number of aromatic hydroxyl groups is 1. The van der Waals surface area contributed by atoms with Crippen molar-refractivity contribution in [1.82, 2.24) is 0 Å². The molecule has 1 atom stereocenters. The van der Waals surface area contributed by atoms with Gasteiger partial charge >= 0.3 is 11.9 Å². The summed E-state index contributed by atoms with van der Waals surface area (Å²) in [6, 6.07) is 8.12. The fourth-order valence-corrected chi connectivity index (χ4v) is 5.99. The summed E-state index contributed by atoms with van der Waals surface area (Å²) >= 11 is 0. The minimum atomic E-state index is -0.970. The van der Waals surface area contributed by atoms with E-state index in [0.717, 1.165) is 119 Å².